The number of hydrogen-bond acceptors (Lipinski definition) is 5. The van der Waals surface area contributed by atoms with Crippen molar-refractivity contribution >= 4 is 5.97 Å². The van der Waals surface area contributed by atoms with Crippen LogP contribution in [0.3, 0.4) is 0 Å². The third kappa shape index (κ3) is 1.71. The molecule has 2 bridgehead atoms. The highest BCUT2D eigenvalue weighted by Crippen LogP contribution is 2.57. The van der Waals surface area contributed by atoms with Crippen LogP contribution in [0.5, 0.6) is 0 Å². The zero-order valence-electron chi connectivity index (χ0n) is 12.1. The van der Waals surface area contributed by atoms with Gasteiger partial charge in [0.05, 0.1) is 7.11 Å². The Bertz CT molecular complexity index is 529. The molecule has 1 aromatic heterocycles. The Hall–Kier alpha value is -1.40. The van der Waals surface area contributed by atoms with E-state index in [-0.39, 0.29) is 12.2 Å². The molecule has 0 radical (unpaired) electrons. The van der Waals surface area contributed by atoms with E-state index < -0.39 is 11.6 Å². The Labute approximate surface area is 117 Å². The lowest BCUT2D eigenvalue weighted by atomic mass is 9.58. The van der Waals surface area contributed by atoms with Crippen LogP contribution in [0.25, 0.3) is 0 Å². The third-order valence-corrected chi connectivity index (χ3v) is 4.82. The maximum atomic E-state index is 12.0. The van der Waals surface area contributed by atoms with Crippen molar-refractivity contribution in [1.82, 2.24) is 10.2 Å². The number of aromatic amines is 1. The molecule has 0 unspecified atom stereocenters. The third-order valence-electron chi connectivity index (χ3n) is 4.82. The molecule has 3 aliphatic rings. The van der Waals surface area contributed by atoms with Crippen molar-refractivity contribution in [2.45, 2.75) is 43.6 Å². The normalized spacial score (nSPS) is 31.1. The van der Waals surface area contributed by atoms with Gasteiger partial charge in [0.1, 0.15) is 12.4 Å². The Balaban J connectivity index is 2.11. The number of nitrogens with one attached hydrogen (secondary N) is 1. The summed E-state index contributed by atoms with van der Waals surface area (Å²) in [5.41, 5.74) is 1.82. The molecule has 0 spiro atoms. The van der Waals surface area contributed by atoms with Crippen LogP contribution in [0, 0.1) is 0 Å². The van der Waals surface area contributed by atoms with E-state index in [9.17, 15) is 4.79 Å². The standard InChI is InChI=1S/C14H20N2O4/c1-13-4-6-14(7-5-13,20-8-18-2)9-10(12(17)19-3)15-16-11(9)13/h4-8H2,1-3H3,(H,15,16). The molecule has 1 heterocycles. The highest BCUT2D eigenvalue weighted by molar-refractivity contribution is 5.90. The number of ether oxygens (including phenoxy) is 3. The minimum atomic E-state index is -0.473. The van der Waals surface area contributed by atoms with Gasteiger partial charge in [-0.25, -0.2) is 4.79 Å². The van der Waals surface area contributed by atoms with Gasteiger partial charge < -0.3 is 14.2 Å². The molecule has 0 amide bonds. The molecule has 1 fully saturated rings. The van der Waals surface area contributed by atoms with E-state index in [1.165, 1.54) is 7.11 Å². The first-order chi connectivity index (χ1) is 9.56. The summed E-state index contributed by atoms with van der Waals surface area (Å²) in [5, 5.41) is 7.23. The van der Waals surface area contributed by atoms with Gasteiger partial charge in [0.25, 0.3) is 0 Å². The van der Waals surface area contributed by atoms with Gasteiger partial charge in [-0.1, -0.05) is 6.92 Å². The van der Waals surface area contributed by atoms with E-state index in [0.717, 1.165) is 36.9 Å². The minimum absolute atomic E-state index is 0.0484. The SMILES string of the molecule is COCOC12CCC(C)(CC1)c1[nH]nc(C(=O)OC)c12. The van der Waals surface area contributed by atoms with Crippen LogP contribution in [0.15, 0.2) is 0 Å². The molecule has 20 heavy (non-hydrogen) atoms. The number of carbonyl (C=O) groups excluding carboxylic acids is 1. The Morgan fingerprint density at radius 1 is 1.30 bits per heavy atom. The summed E-state index contributed by atoms with van der Waals surface area (Å²) >= 11 is 0. The van der Waals surface area contributed by atoms with Crippen LogP contribution >= 0.6 is 0 Å². The number of esters is 1. The Morgan fingerprint density at radius 2 is 2.00 bits per heavy atom. The summed E-state index contributed by atoms with van der Waals surface area (Å²) in [5.74, 6) is -0.418. The summed E-state index contributed by atoms with van der Waals surface area (Å²) in [6.45, 7) is 2.42. The van der Waals surface area contributed by atoms with Gasteiger partial charge in [0.2, 0.25) is 0 Å². The van der Waals surface area contributed by atoms with Crippen molar-refractivity contribution in [2.75, 3.05) is 21.0 Å². The van der Waals surface area contributed by atoms with Crippen molar-refractivity contribution in [3.05, 3.63) is 17.0 Å². The minimum Gasteiger partial charge on any atom is -0.464 e. The Morgan fingerprint density at radius 3 is 2.60 bits per heavy atom. The molecule has 0 aliphatic heterocycles. The van der Waals surface area contributed by atoms with Crippen LogP contribution in [-0.2, 0) is 25.2 Å². The summed E-state index contributed by atoms with van der Waals surface area (Å²) < 4.78 is 15.9. The highest BCUT2D eigenvalue weighted by Gasteiger charge is 2.54. The molecule has 0 saturated heterocycles. The zero-order chi connectivity index (χ0) is 14.4. The van der Waals surface area contributed by atoms with Crippen LogP contribution in [0.1, 0.15) is 54.4 Å². The second-order valence-corrected chi connectivity index (χ2v) is 5.92. The predicted molar refractivity (Wildman–Crippen MR) is 70.4 cm³/mol. The lowest BCUT2D eigenvalue weighted by Crippen LogP contribution is -2.48. The Kier molecular flexibility index (Phi) is 3.10. The molecule has 0 atom stereocenters. The van der Waals surface area contributed by atoms with E-state index in [1.807, 2.05) is 0 Å². The summed E-state index contributed by atoms with van der Waals surface area (Å²) in [6.07, 6.45) is 3.80. The molecule has 6 nitrogen and oxygen atoms in total. The first-order valence-electron chi connectivity index (χ1n) is 6.87. The number of fused-ring (bicyclic) bond motifs is 2. The first-order valence-corrected chi connectivity index (χ1v) is 6.87. The van der Waals surface area contributed by atoms with Crippen molar-refractivity contribution in [1.29, 1.82) is 0 Å². The quantitative estimate of drug-likeness (QED) is 0.673. The van der Waals surface area contributed by atoms with E-state index in [4.69, 9.17) is 14.2 Å². The molecule has 3 aliphatic carbocycles. The molecule has 4 rings (SSSR count). The van der Waals surface area contributed by atoms with Crippen molar-refractivity contribution in [2.24, 2.45) is 0 Å². The maximum Gasteiger partial charge on any atom is 0.358 e. The average molecular weight is 280 g/mol. The van der Waals surface area contributed by atoms with Gasteiger partial charge >= 0.3 is 5.97 Å². The van der Waals surface area contributed by atoms with Crippen LogP contribution in [0.2, 0.25) is 0 Å². The molecular formula is C14H20N2O4. The lowest BCUT2D eigenvalue weighted by Gasteiger charge is -2.50. The average Bonchev–Trinajstić information content (AvgIpc) is 2.94. The first kappa shape index (κ1) is 13.6. The number of hydrogen-bond donors (Lipinski definition) is 1. The number of rotatable bonds is 4. The number of nitrogens with zero attached hydrogens (tertiary/aromatic N) is 1. The number of carbonyl (C=O) groups is 1. The second-order valence-electron chi connectivity index (χ2n) is 5.92. The summed E-state index contributed by atoms with van der Waals surface area (Å²) in [7, 11) is 2.97. The van der Waals surface area contributed by atoms with E-state index >= 15 is 0 Å². The summed E-state index contributed by atoms with van der Waals surface area (Å²) in [6, 6.07) is 0. The van der Waals surface area contributed by atoms with E-state index in [2.05, 4.69) is 17.1 Å². The van der Waals surface area contributed by atoms with Gasteiger partial charge in [0, 0.05) is 23.8 Å². The maximum absolute atomic E-state index is 12.0. The predicted octanol–water partition coefficient (Wildman–Crippen LogP) is 1.86. The van der Waals surface area contributed by atoms with E-state index in [0.29, 0.717) is 5.69 Å². The zero-order valence-corrected chi connectivity index (χ0v) is 12.1. The fourth-order valence-electron chi connectivity index (χ4n) is 3.56. The fraction of sp³-hybridized carbons (Fsp3) is 0.714. The van der Waals surface area contributed by atoms with Gasteiger partial charge in [-0.2, -0.15) is 5.10 Å². The molecule has 6 heteroatoms. The monoisotopic (exact) mass is 280 g/mol. The molecule has 1 aromatic rings. The molecule has 1 saturated carbocycles. The van der Waals surface area contributed by atoms with Crippen molar-refractivity contribution in [3.63, 3.8) is 0 Å². The molecule has 110 valence electrons. The van der Waals surface area contributed by atoms with Crippen LogP contribution in [0.4, 0.5) is 0 Å². The number of methoxy groups -OCH3 is 2. The largest absolute Gasteiger partial charge is 0.464 e. The van der Waals surface area contributed by atoms with Crippen molar-refractivity contribution in [3.8, 4) is 0 Å². The van der Waals surface area contributed by atoms with Crippen molar-refractivity contribution < 1.29 is 19.0 Å². The highest BCUT2D eigenvalue weighted by atomic mass is 16.7. The second kappa shape index (κ2) is 4.56. The van der Waals surface area contributed by atoms with E-state index in [1.54, 1.807) is 7.11 Å². The lowest BCUT2D eigenvalue weighted by molar-refractivity contribution is -0.164. The smallest absolute Gasteiger partial charge is 0.358 e. The van der Waals surface area contributed by atoms with Gasteiger partial charge in [-0.3, -0.25) is 5.10 Å². The molecule has 1 N–H and O–H groups in total. The number of H-pyrrole nitrogens is 1. The van der Waals surface area contributed by atoms with Crippen LogP contribution in [-0.4, -0.2) is 37.2 Å². The number of aromatic nitrogens is 2. The van der Waals surface area contributed by atoms with Gasteiger partial charge in [-0.05, 0) is 25.7 Å². The topological polar surface area (TPSA) is 73.4 Å². The van der Waals surface area contributed by atoms with Crippen LogP contribution < -0.4 is 0 Å². The molecule has 0 aromatic carbocycles. The summed E-state index contributed by atoms with van der Waals surface area (Å²) in [4.78, 5) is 12.0. The fourth-order valence-corrected chi connectivity index (χ4v) is 3.56. The van der Waals surface area contributed by atoms with Gasteiger partial charge in [0.15, 0.2) is 5.69 Å². The molecular weight excluding hydrogens is 260 g/mol. The van der Waals surface area contributed by atoms with Gasteiger partial charge in [-0.15, -0.1) is 0 Å².